The zero-order valence-electron chi connectivity index (χ0n) is 15.5. The van der Waals surface area contributed by atoms with Crippen LogP contribution in [0.1, 0.15) is 32.3 Å². The van der Waals surface area contributed by atoms with Gasteiger partial charge in [-0.1, -0.05) is 30.3 Å². The van der Waals surface area contributed by atoms with Crippen LogP contribution in [0.25, 0.3) is 0 Å². The van der Waals surface area contributed by atoms with E-state index in [1.807, 2.05) is 6.07 Å². The number of piperidine rings is 1. The predicted molar refractivity (Wildman–Crippen MR) is 114 cm³/mol. The molecular weight excluding hydrogens is 411 g/mol. The SMILES string of the molecule is CC(C)N1CCCC(CNC(=NCc2ccccc2)N(C)C)C1.I. The van der Waals surface area contributed by atoms with Gasteiger partial charge in [-0.25, -0.2) is 4.99 Å². The van der Waals surface area contributed by atoms with Crippen LogP contribution in [0.2, 0.25) is 0 Å². The van der Waals surface area contributed by atoms with Crippen LogP contribution < -0.4 is 5.32 Å². The fraction of sp³-hybridized carbons (Fsp3) is 0.632. The van der Waals surface area contributed by atoms with Gasteiger partial charge in [0.15, 0.2) is 5.96 Å². The van der Waals surface area contributed by atoms with Crippen LogP contribution in [0.4, 0.5) is 0 Å². The van der Waals surface area contributed by atoms with Crippen molar-refractivity contribution >= 4 is 29.9 Å². The lowest BCUT2D eigenvalue weighted by Gasteiger charge is -2.36. The molecule has 0 bridgehead atoms. The third-order valence-electron chi connectivity index (χ3n) is 4.51. The molecule has 1 fully saturated rings. The van der Waals surface area contributed by atoms with E-state index in [4.69, 9.17) is 4.99 Å². The molecule has 0 aliphatic carbocycles. The van der Waals surface area contributed by atoms with Crippen molar-refractivity contribution < 1.29 is 0 Å². The highest BCUT2D eigenvalue weighted by Crippen LogP contribution is 2.17. The number of halogens is 1. The summed E-state index contributed by atoms with van der Waals surface area (Å²) in [4.78, 5) is 9.41. The molecule has 0 amide bonds. The standard InChI is InChI=1S/C19H32N4.HI/c1-16(2)23-12-8-11-18(15-23)14-21-19(22(3)4)20-13-17-9-6-5-7-10-17;/h5-7,9-10,16,18H,8,11-15H2,1-4H3,(H,20,21);1H. The summed E-state index contributed by atoms with van der Waals surface area (Å²) in [6.07, 6.45) is 2.62. The van der Waals surface area contributed by atoms with Crippen LogP contribution in [-0.4, -0.2) is 55.5 Å². The molecule has 4 nitrogen and oxygen atoms in total. The number of likely N-dealkylation sites (tertiary alicyclic amines) is 1. The maximum Gasteiger partial charge on any atom is 0.193 e. The Morgan fingerprint density at radius 2 is 2.00 bits per heavy atom. The molecule has 136 valence electrons. The normalized spacial score (nSPS) is 19.0. The van der Waals surface area contributed by atoms with E-state index in [0.29, 0.717) is 12.0 Å². The summed E-state index contributed by atoms with van der Waals surface area (Å²) in [6, 6.07) is 11.1. The van der Waals surface area contributed by atoms with Gasteiger partial charge in [0.05, 0.1) is 6.54 Å². The monoisotopic (exact) mass is 444 g/mol. The molecule has 24 heavy (non-hydrogen) atoms. The molecule has 1 aliphatic heterocycles. The highest BCUT2D eigenvalue weighted by atomic mass is 127. The molecule has 1 heterocycles. The zero-order chi connectivity index (χ0) is 16.7. The van der Waals surface area contributed by atoms with Crippen molar-refractivity contribution in [2.45, 2.75) is 39.3 Å². The minimum Gasteiger partial charge on any atom is -0.356 e. The summed E-state index contributed by atoms with van der Waals surface area (Å²) in [5.41, 5.74) is 1.25. The maximum atomic E-state index is 4.75. The van der Waals surface area contributed by atoms with Crippen LogP contribution >= 0.6 is 24.0 Å². The quantitative estimate of drug-likeness (QED) is 0.429. The van der Waals surface area contributed by atoms with Crippen LogP contribution in [0, 0.1) is 5.92 Å². The first-order valence-electron chi connectivity index (χ1n) is 8.80. The maximum absolute atomic E-state index is 4.75. The predicted octanol–water partition coefficient (Wildman–Crippen LogP) is 3.43. The fourth-order valence-corrected chi connectivity index (χ4v) is 3.07. The van der Waals surface area contributed by atoms with Crippen LogP contribution in [0.3, 0.4) is 0 Å². The molecule has 1 aliphatic rings. The Labute approximate surface area is 164 Å². The number of hydrogen-bond acceptors (Lipinski definition) is 2. The average molecular weight is 444 g/mol. The minimum atomic E-state index is 0. The van der Waals surface area contributed by atoms with Crippen LogP contribution in [0.5, 0.6) is 0 Å². The summed E-state index contributed by atoms with van der Waals surface area (Å²) < 4.78 is 0. The lowest BCUT2D eigenvalue weighted by atomic mass is 9.97. The summed E-state index contributed by atoms with van der Waals surface area (Å²) in [5, 5.41) is 3.57. The Kier molecular flexibility index (Phi) is 9.66. The van der Waals surface area contributed by atoms with E-state index in [-0.39, 0.29) is 24.0 Å². The molecule has 5 heteroatoms. The first-order valence-corrected chi connectivity index (χ1v) is 8.80. The number of aliphatic imine (C=N–C) groups is 1. The van der Waals surface area contributed by atoms with Gasteiger partial charge in [-0.2, -0.15) is 0 Å². The second-order valence-corrected chi connectivity index (χ2v) is 7.00. The first-order chi connectivity index (χ1) is 11.1. The van der Waals surface area contributed by atoms with Crippen LogP contribution in [0.15, 0.2) is 35.3 Å². The molecule has 2 rings (SSSR count). The fourth-order valence-electron chi connectivity index (χ4n) is 3.07. The largest absolute Gasteiger partial charge is 0.356 e. The molecular formula is C19H33IN4. The Morgan fingerprint density at radius 1 is 1.29 bits per heavy atom. The van der Waals surface area contributed by atoms with Crippen molar-refractivity contribution in [1.29, 1.82) is 0 Å². The molecule has 0 aromatic heterocycles. The highest BCUT2D eigenvalue weighted by Gasteiger charge is 2.21. The van der Waals surface area contributed by atoms with Crippen LogP contribution in [-0.2, 0) is 6.54 Å². The lowest BCUT2D eigenvalue weighted by molar-refractivity contribution is 0.140. The number of rotatable bonds is 5. The molecule has 1 aromatic carbocycles. The zero-order valence-corrected chi connectivity index (χ0v) is 17.9. The molecule has 1 unspecified atom stereocenters. The number of guanidine groups is 1. The summed E-state index contributed by atoms with van der Waals surface area (Å²) in [6.45, 7) is 8.77. The Bertz CT molecular complexity index is 487. The third kappa shape index (κ3) is 6.97. The molecule has 0 saturated carbocycles. The van der Waals surface area contributed by atoms with Gasteiger partial charge in [-0.15, -0.1) is 24.0 Å². The van der Waals surface area contributed by atoms with E-state index in [9.17, 15) is 0 Å². The van der Waals surface area contributed by atoms with Gasteiger partial charge >= 0.3 is 0 Å². The van der Waals surface area contributed by atoms with Crippen molar-refractivity contribution in [3.05, 3.63) is 35.9 Å². The van der Waals surface area contributed by atoms with Crippen molar-refractivity contribution in [3.8, 4) is 0 Å². The molecule has 1 saturated heterocycles. The van der Waals surface area contributed by atoms with E-state index >= 15 is 0 Å². The van der Waals surface area contributed by atoms with Gasteiger partial charge in [0.1, 0.15) is 0 Å². The van der Waals surface area contributed by atoms with Crippen molar-refractivity contribution in [3.63, 3.8) is 0 Å². The van der Waals surface area contributed by atoms with Gasteiger partial charge < -0.3 is 15.1 Å². The topological polar surface area (TPSA) is 30.9 Å². The molecule has 1 N–H and O–H groups in total. The second kappa shape index (κ2) is 10.9. The lowest BCUT2D eigenvalue weighted by Crippen LogP contribution is -2.45. The Hall–Kier alpha value is -0.820. The van der Waals surface area contributed by atoms with Crippen molar-refractivity contribution in [2.24, 2.45) is 10.9 Å². The van der Waals surface area contributed by atoms with Gasteiger partial charge in [0, 0.05) is 33.2 Å². The van der Waals surface area contributed by atoms with Gasteiger partial charge in [-0.3, -0.25) is 0 Å². The molecule has 0 radical (unpaired) electrons. The van der Waals surface area contributed by atoms with Gasteiger partial charge in [-0.05, 0) is 44.7 Å². The first kappa shape index (κ1) is 21.2. The van der Waals surface area contributed by atoms with E-state index in [2.05, 4.69) is 67.3 Å². The molecule has 1 atom stereocenters. The van der Waals surface area contributed by atoms with Crippen molar-refractivity contribution in [2.75, 3.05) is 33.7 Å². The number of nitrogens with one attached hydrogen (secondary N) is 1. The number of benzene rings is 1. The second-order valence-electron chi connectivity index (χ2n) is 7.00. The average Bonchev–Trinajstić information content (AvgIpc) is 2.55. The smallest absolute Gasteiger partial charge is 0.193 e. The van der Waals surface area contributed by atoms with Gasteiger partial charge in [0.25, 0.3) is 0 Å². The molecule has 0 spiro atoms. The van der Waals surface area contributed by atoms with E-state index in [1.165, 1.54) is 31.5 Å². The van der Waals surface area contributed by atoms with E-state index in [0.717, 1.165) is 19.0 Å². The highest BCUT2D eigenvalue weighted by molar-refractivity contribution is 14.0. The number of hydrogen-bond donors (Lipinski definition) is 1. The van der Waals surface area contributed by atoms with E-state index < -0.39 is 0 Å². The summed E-state index contributed by atoms with van der Waals surface area (Å²) in [7, 11) is 4.11. The Morgan fingerprint density at radius 3 is 2.62 bits per heavy atom. The summed E-state index contributed by atoms with van der Waals surface area (Å²) >= 11 is 0. The molecule has 1 aromatic rings. The third-order valence-corrected chi connectivity index (χ3v) is 4.51. The summed E-state index contributed by atoms with van der Waals surface area (Å²) in [5.74, 6) is 1.70. The van der Waals surface area contributed by atoms with Crippen molar-refractivity contribution in [1.82, 2.24) is 15.1 Å². The Balaban J connectivity index is 0.00000288. The minimum absolute atomic E-state index is 0. The number of nitrogens with zero attached hydrogens (tertiary/aromatic N) is 3. The van der Waals surface area contributed by atoms with E-state index in [1.54, 1.807) is 0 Å². The van der Waals surface area contributed by atoms with Gasteiger partial charge in [0.2, 0.25) is 0 Å².